The molecule has 32 heavy (non-hydrogen) atoms. The van der Waals surface area contributed by atoms with E-state index in [4.69, 9.17) is 25.6 Å². The van der Waals surface area contributed by atoms with E-state index in [9.17, 15) is 14.4 Å². The summed E-state index contributed by atoms with van der Waals surface area (Å²) in [5.41, 5.74) is 0.630. The van der Waals surface area contributed by atoms with Crippen LogP contribution >= 0.6 is 11.6 Å². The van der Waals surface area contributed by atoms with Gasteiger partial charge in [0.2, 0.25) is 0 Å². The maximum absolute atomic E-state index is 13.9. The molecule has 9 heteroatoms. The number of aryl methyl sites for hydroxylation is 1. The van der Waals surface area contributed by atoms with Crippen LogP contribution in [0.1, 0.15) is 23.8 Å². The lowest BCUT2D eigenvalue weighted by Gasteiger charge is -2.15. The van der Waals surface area contributed by atoms with Crippen LogP contribution in [-0.2, 0) is 11.4 Å². The maximum Gasteiger partial charge on any atom is 0.267 e. The first-order valence-corrected chi connectivity index (χ1v) is 9.98. The second kappa shape index (κ2) is 10.5. The minimum Gasteiger partial charge on any atom is -0.490 e. The van der Waals surface area contributed by atoms with Gasteiger partial charge in [0.15, 0.2) is 17.3 Å². The Morgan fingerprint density at radius 1 is 1.31 bits per heavy atom. The van der Waals surface area contributed by atoms with Crippen LogP contribution in [0.2, 0.25) is 5.02 Å². The lowest BCUT2D eigenvalue weighted by atomic mass is 10.1. The monoisotopic (exact) mass is 455 g/mol. The summed E-state index contributed by atoms with van der Waals surface area (Å²) in [7, 11) is 0. The molecule has 0 aliphatic carbocycles. The SMILES string of the molecule is CCOc1cc(/C=C(/C#N)C(=O)Nc2cc(C)on2)cc(Cl)c1OCc1ccccc1F. The van der Waals surface area contributed by atoms with Crippen molar-refractivity contribution >= 4 is 29.4 Å². The topological polar surface area (TPSA) is 97.4 Å². The maximum atomic E-state index is 13.9. The summed E-state index contributed by atoms with van der Waals surface area (Å²) in [5.74, 6) is 0.186. The Hall–Kier alpha value is -3.83. The van der Waals surface area contributed by atoms with E-state index in [-0.39, 0.29) is 28.8 Å². The number of nitrogens with one attached hydrogen (secondary N) is 1. The number of amides is 1. The van der Waals surface area contributed by atoms with E-state index in [1.165, 1.54) is 24.3 Å². The van der Waals surface area contributed by atoms with Gasteiger partial charge in [-0.1, -0.05) is 35.0 Å². The number of carbonyl (C=O) groups excluding carboxylic acids is 1. The zero-order chi connectivity index (χ0) is 23.1. The molecule has 1 heterocycles. The molecule has 0 radical (unpaired) electrons. The third kappa shape index (κ3) is 5.65. The minimum absolute atomic E-state index is 0.0510. The van der Waals surface area contributed by atoms with Gasteiger partial charge < -0.3 is 19.3 Å². The van der Waals surface area contributed by atoms with Crippen LogP contribution in [0.3, 0.4) is 0 Å². The van der Waals surface area contributed by atoms with Gasteiger partial charge in [-0.05, 0) is 43.7 Å². The van der Waals surface area contributed by atoms with Crippen molar-refractivity contribution in [2.75, 3.05) is 11.9 Å². The van der Waals surface area contributed by atoms with Crippen LogP contribution in [0.4, 0.5) is 10.2 Å². The standard InChI is InChI=1S/C23H19ClFN3O4/c1-3-30-20-11-15(9-17(12-26)23(29)27-21-8-14(2)32-28-21)10-18(24)22(20)31-13-16-6-4-5-7-19(16)25/h4-11H,3,13H2,1-2H3,(H,27,28,29)/b17-9-. The number of carbonyl (C=O) groups is 1. The highest BCUT2D eigenvalue weighted by atomic mass is 35.5. The van der Waals surface area contributed by atoms with Crippen molar-refractivity contribution in [1.82, 2.24) is 5.16 Å². The van der Waals surface area contributed by atoms with Crippen LogP contribution in [0.25, 0.3) is 6.08 Å². The van der Waals surface area contributed by atoms with Gasteiger partial charge in [-0.15, -0.1) is 0 Å². The summed E-state index contributed by atoms with van der Waals surface area (Å²) in [4.78, 5) is 12.4. The number of ether oxygens (including phenoxy) is 2. The second-order valence-corrected chi connectivity index (χ2v) is 7.00. The molecule has 0 fully saturated rings. The number of nitriles is 1. The van der Waals surface area contributed by atoms with Crippen molar-refractivity contribution in [3.63, 3.8) is 0 Å². The van der Waals surface area contributed by atoms with E-state index in [1.807, 2.05) is 6.07 Å². The number of aromatic nitrogens is 1. The van der Waals surface area contributed by atoms with Gasteiger partial charge in [0.25, 0.3) is 5.91 Å². The Bertz CT molecular complexity index is 1200. The minimum atomic E-state index is -0.658. The van der Waals surface area contributed by atoms with Crippen molar-refractivity contribution in [3.8, 4) is 17.6 Å². The fourth-order valence-electron chi connectivity index (χ4n) is 2.76. The van der Waals surface area contributed by atoms with Gasteiger partial charge in [-0.2, -0.15) is 5.26 Å². The van der Waals surface area contributed by atoms with Gasteiger partial charge in [-0.25, -0.2) is 4.39 Å². The number of rotatable bonds is 8. The van der Waals surface area contributed by atoms with Gasteiger partial charge in [-0.3, -0.25) is 4.79 Å². The molecule has 2 aromatic carbocycles. The molecule has 3 rings (SSSR count). The average Bonchev–Trinajstić information content (AvgIpc) is 3.17. The highest BCUT2D eigenvalue weighted by Crippen LogP contribution is 2.38. The number of hydrogen-bond donors (Lipinski definition) is 1. The van der Waals surface area contributed by atoms with Gasteiger partial charge >= 0.3 is 0 Å². The summed E-state index contributed by atoms with van der Waals surface area (Å²) in [5, 5.41) is 15.8. The molecular weight excluding hydrogens is 437 g/mol. The van der Waals surface area contributed by atoms with E-state index in [0.29, 0.717) is 29.2 Å². The third-order valence-corrected chi connectivity index (χ3v) is 4.49. The number of hydrogen-bond acceptors (Lipinski definition) is 6. The highest BCUT2D eigenvalue weighted by Gasteiger charge is 2.16. The molecule has 0 spiro atoms. The third-order valence-electron chi connectivity index (χ3n) is 4.21. The predicted molar refractivity (Wildman–Crippen MR) is 117 cm³/mol. The zero-order valence-corrected chi connectivity index (χ0v) is 18.1. The quantitative estimate of drug-likeness (QED) is 0.365. The Balaban J connectivity index is 1.85. The predicted octanol–water partition coefficient (Wildman–Crippen LogP) is 5.30. The number of nitrogens with zero attached hydrogens (tertiary/aromatic N) is 2. The van der Waals surface area contributed by atoms with E-state index in [2.05, 4.69) is 10.5 Å². The largest absolute Gasteiger partial charge is 0.490 e. The van der Waals surface area contributed by atoms with Crippen molar-refractivity contribution < 1.29 is 23.2 Å². The Morgan fingerprint density at radius 2 is 2.09 bits per heavy atom. The summed E-state index contributed by atoms with van der Waals surface area (Å²) in [6, 6.07) is 12.7. The molecule has 0 unspecified atom stereocenters. The number of benzene rings is 2. The molecule has 1 N–H and O–H groups in total. The first-order valence-electron chi connectivity index (χ1n) is 9.60. The van der Waals surface area contributed by atoms with Crippen molar-refractivity contribution in [1.29, 1.82) is 5.26 Å². The van der Waals surface area contributed by atoms with E-state index in [1.54, 1.807) is 38.1 Å². The van der Waals surface area contributed by atoms with Crippen molar-refractivity contribution in [2.24, 2.45) is 0 Å². The highest BCUT2D eigenvalue weighted by molar-refractivity contribution is 6.32. The van der Waals surface area contributed by atoms with E-state index in [0.717, 1.165) is 0 Å². The molecular formula is C23H19ClFN3O4. The fraction of sp³-hybridized carbons (Fsp3) is 0.174. The lowest BCUT2D eigenvalue weighted by molar-refractivity contribution is -0.112. The molecule has 0 bridgehead atoms. The molecule has 3 aromatic rings. The van der Waals surface area contributed by atoms with Crippen LogP contribution < -0.4 is 14.8 Å². The second-order valence-electron chi connectivity index (χ2n) is 6.59. The van der Waals surface area contributed by atoms with E-state index >= 15 is 0 Å². The smallest absolute Gasteiger partial charge is 0.267 e. The number of halogens is 2. The van der Waals surface area contributed by atoms with Gasteiger partial charge in [0.05, 0.1) is 11.6 Å². The molecule has 7 nitrogen and oxygen atoms in total. The summed E-state index contributed by atoms with van der Waals surface area (Å²) in [6.07, 6.45) is 1.36. The molecule has 0 saturated heterocycles. The first kappa shape index (κ1) is 22.8. The van der Waals surface area contributed by atoms with Crippen LogP contribution in [0.5, 0.6) is 11.5 Å². The Labute approximate surface area is 189 Å². The molecule has 1 aromatic heterocycles. The molecule has 1 amide bonds. The Morgan fingerprint density at radius 3 is 2.75 bits per heavy atom. The molecule has 0 saturated carbocycles. The summed E-state index contributed by atoms with van der Waals surface area (Å²) < 4.78 is 30.1. The van der Waals surface area contributed by atoms with Crippen LogP contribution in [0.15, 0.2) is 52.6 Å². The zero-order valence-electron chi connectivity index (χ0n) is 17.3. The van der Waals surface area contributed by atoms with Crippen molar-refractivity contribution in [2.45, 2.75) is 20.5 Å². The molecule has 0 aliphatic heterocycles. The summed E-state index contributed by atoms with van der Waals surface area (Å²) >= 11 is 6.38. The number of anilines is 1. The first-order chi connectivity index (χ1) is 15.4. The van der Waals surface area contributed by atoms with Gasteiger partial charge in [0, 0.05) is 11.6 Å². The average molecular weight is 456 g/mol. The van der Waals surface area contributed by atoms with Crippen molar-refractivity contribution in [3.05, 3.63) is 75.8 Å². The normalized spacial score (nSPS) is 11.0. The molecule has 164 valence electrons. The fourth-order valence-corrected chi connectivity index (χ4v) is 3.04. The van der Waals surface area contributed by atoms with Crippen LogP contribution in [0, 0.1) is 24.1 Å². The summed E-state index contributed by atoms with van der Waals surface area (Å²) in [6.45, 7) is 3.73. The molecule has 0 aliphatic rings. The van der Waals surface area contributed by atoms with Gasteiger partial charge in [0.1, 0.15) is 29.8 Å². The molecule has 0 atom stereocenters. The van der Waals surface area contributed by atoms with Crippen LogP contribution in [-0.4, -0.2) is 17.7 Å². The Kier molecular flexibility index (Phi) is 7.47. The lowest BCUT2D eigenvalue weighted by Crippen LogP contribution is -2.13. The van der Waals surface area contributed by atoms with E-state index < -0.39 is 11.7 Å².